The van der Waals surface area contributed by atoms with Crippen molar-refractivity contribution in [1.29, 1.82) is 0 Å². The molecule has 7 heteroatoms. The number of aromatic nitrogens is 1. The van der Waals surface area contributed by atoms with Crippen LogP contribution in [0.4, 0.5) is 5.00 Å². The Bertz CT molecular complexity index is 1320. The molecule has 0 aliphatic heterocycles. The lowest BCUT2D eigenvalue weighted by molar-refractivity contribution is -0.119. The van der Waals surface area contributed by atoms with Gasteiger partial charge in [0.2, 0.25) is 5.91 Å². The fraction of sp³-hybridized carbons (Fsp3) is 0.423. The minimum atomic E-state index is -0.702. The molecule has 1 atom stereocenters. The highest BCUT2D eigenvalue weighted by Gasteiger charge is 2.29. The van der Waals surface area contributed by atoms with Crippen molar-refractivity contribution in [2.75, 3.05) is 12.4 Å². The Hall–Kier alpha value is -2.93. The van der Waals surface area contributed by atoms with Crippen LogP contribution in [0.15, 0.2) is 23.0 Å². The first kappa shape index (κ1) is 23.2. The largest absolute Gasteiger partial charge is 0.465 e. The van der Waals surface area contributed by atoms with Crippen LogP contribution in [0, 0.1) is 20.8 Å². The number of hydrogen-bond donors (Lipinski definition) is 1. The number of fused-ring (bicyclic) bond motifs is 2. The number of esters is 1. The van der Waals surface area contributed by atoms with Gasteiger partial charge in [0.15, 0.2) is 0 Å². The number of nitrogens with zero attached hydrogens (tertiary/aromatic N) is 1. The third-order valence-corrected chi connectivity index (χ3v) is 7.69. The SMILES string of the molecule is CCC(C(=O)Nc1sc2c(c1C(=O)OC)CCCC2)n1c(=O)cc(C)c2cc(C)cc(C)c21. The van der Waals surface area contributed by atoms with Gasteiger partial charge >= 0.3 is 5.97 Å². The Morgan fingerprint density at radius 2 is 1.85 bits per heavy atom. The molecule has 0 spiro atoms. The smallest absolute Gasteiger partial charge is 0.341 e. The van der Waals surface area contributed by atoms with Gasteiger partial charge in [-0.1, -0.05) is 18.6 Å². The summed E-state index contributed by atoms with van der Waals surface area (Å²) in [4.78, 5) is 40.4. The van der Waals surface area contributed by atoms with E-state index in [4.69, 9.17) is 4.74 Å². The molecule has 1 unspecified atom stereocenters. The maximum absolute atomic E-state index is 13.6. The Balaban J connectivity index is 1.80. The van der Waals surface area contributed by atoms with Crippen LogP contribution in [0.3, 0.4) is 0 Å². The minimum Gasteiger partial charge on any atom is -0.465 e. The van der Waals surface area contributed by atoms with Gasteiger partial charge < -0.3 is 10.1 Å². The van der Waals surface area contributed by atoms with Crippen LogP contribution in [-0.4, -0.2) is 23.6 Å². The van der Waals surface area contributed by atoms with Gasteiger partial charge in [0.25, 0.3) is 5.56 Å². The van der Waals surface area contributed by atoms with Crippen LogP contribution < -0.4 is 10.9 Å². The lowest BCUT2D eigenvalue weighted by atomic mass is 9.95. The summed E-state index contributed by atoms with van der Waals surface area (Å²) in [6.45, 7) is 7.82. The maximum Gasteiger partial charge on any atom is 0.341 e. The van der Waals surface area contributed by atoms with E-state index in [1.165, 1.54) is 18.4 Å². The molecule has 1 aromatic carbocycles. The number of carbonyl (C=O) groups is 2. The van der Waals surface area contributed by atoms with Gasteiger partial charge in [-0.25, -0.2) is 4.79 Å². The van der Waals surface area contributed by atoms with E-state index in [2.05, 4.69) is 11.4 Å². The highest BCUT2D eigenvalue weighted by atomic mass is 32.1. The Morgan fingerprint density at radius 3 is 2.55 bits per heavy atom. The Morgan fingerprint density at radius 1 is 1.12 bits per heavy atom. The second-order valence-electron chi connectivity index (χ2n) is 8.83. The molecular weight excluding hydrogens is 436 g/mol. The summed E-state index contributed by atoms with van der Waals surface area (Å²) in [6.07, 6.45) is 4.24. The lowest BCUT2D eigenvalue weighted by Gasteiger charge is -2.22. The zero-order valence-electron chi connectivity index (χ0n) is 19.8. The normalized spacial score (nSPS) is 14.1. The van der Waals surface area contributed by atoms with E-state index in [0.717, 1.165) is 63.7 Å². The molecule has 0 bridgehead atoms. The summed E-state index contributed by atoms with van der Waals surface area (Å²) in [5.74, 6) is -0.726. The number of nitrogens with one attached hydrogen (secondary N) is 1. The van der Waals surface area contributed by atoms with Crippen molar-refractivity contribution in [3.8, 4) is 0 Å². The first-order valence-corrected chi connectivity index (χ1v) is 12.2. The highest BCUT2D eigenvalue weighted by molar-refractivity contribution is 7.17. The second-order valence-corrected chi connectivity index (χ2v) is 9.94. The number of aryl methyl sites for hydroxylation is 4. The van der Waals surface area contributed by atoms with Crippen molar-refractivity contribution in [3.05, 3.63) is 61.2 Å². The predicted octanol–water partition coefficient (Wildman–Crippen LogP) is 5.24. The van der Waals surface area contributed by atoms with Crippen LogP contribution in [0.1, 0.15) is 69.7 Å². The van der Waals surface area contributed by atoms with Crippen LogP contribution in [0.2, 0.25) is 0 Å². The summed E-state index contributed by atoms with van der Waals surface area (Å²) in [7, 11) is 1.36. The number of amides is 1. The van der Waals surface area contributed by atoms with Crippen LogP contribution in [-0.2, 0) is 22.4 Å². The number of hydrogen-bond acceptors (Lipinski definition) is 5. The van der Waals surface area contributed by atoms with E-state index in [9.17, 15) is 14.4 Å². The van der Waals surface area contributed by atoms with Crippen molar-refractivity contribution in [2.24, 2.45) is 0 Å². The summed E-state index contributed by atoms with van der Waals surface area (Å²) in [5.41, 5.74) is 5.00. The zero-order valence-corrected chi connectivity index (χ0v) is 20.6. The van der Waals surface area contributed by atoms with Crippen molar-refractivity contribution in [2.45, 2.75) is 65.8 Å². The van der Waals surface area contributed by atoms with E-state index >= 15 is 0 Å². The summed E-state index contributed by atoms with van der Waals surface area (Å²) in [6, 6.07) is 4.99. The van der Waals surface area contributed by atoms with Gasteiger partial charge in [0.05, 0.1) is 18.2 Å². The van der Waals surface area contributed by atoms with Crippen LogP contribution >= 0.6 is 11.3 Å². The van der Waals surface area contributed by atoms with Gasteiger partial charge in [0, 0.05) is 16.3 Å². The van der Waals surface area contributed by atoms with Gasteiger partial charge in [0.1, 0.15) is 11.0 Å². The fourth-order valence-corrected chi connectivity index (χ4v) is 6.27. The topological polar surface area (TPSA) is 77.4 Å². The van der Waals surface area contributed by atoms with Gasteiger partial charge in [-0.15, -0.1) is 11.3 Å². The first-order valence-electron chi connectivity index (χ1n) is 11.4. The number of thiophene rings is 1. The first-order chi connectivity index (χ1) is 15.8. The number of rotatable bonds is 5. The summed E-state index contributed by atoms with van der Waals surface area (Å²) in [5, 5.41) is 4.48. The number of anilines is 1. The minimum absolute atomic E-state index is 0.201. The number of carbonyl (C=O) groups excluding carboxylic acids is 2. The Labute approximate surface area is 197 Å². The molecule has 1 amide bonds. The molecule has 1 N–H and O–H groups in total. The highest BCUT2D eigenvalue weighted by Crippen LogP contribution is 2.39. The summed E-state index contributed by atoms with van der Waals surface area (Å²) >= 11 is 1.45. The van der Waals surface area contributed by atoms with Crippen molar-refractivity contribution in [3.63, 3.8) is 0 Å². The third-order valence-electron chi connectivity index (χ3n) is 6.49. The molecule has 33 heavy (non-hydrogen) atoms. The molecule has 2 heterocycles. The molecule has 0 saturated carbocycles. The molecular formula is C26H30N2O4S. The number of methoxy groups -OCH3 is 1. The third kappa shape index (κ3) is 4.10. The second kappa shape index (κ2) is 9.14. The monoisotopic (exact) mass is 466 g/mol. The van der Waals surface area contributed by atoms with Gasteiger partial charge in [-0.05, 0) is 75.6 Å². The standard InChI is InChI=1S/C26H30N2O4S/c1-6-19(28-21(29)13-15(3)18-12-14(2)11-16(4)23(18)28)24(30)27-25-22(26(31)32-5)17-9-7-8-10-20(17)33-25/h11-13,19H,6-10H2,1-5H3,(H,27,30). The van der Waals surface area contributed by atoms with E-state index in [0.29, 0.717) is 17.0 Å². The molecule has 4 rings (SSSR count). The molecule has 1 aliphatic carbocycles. The molecule has 6 nitrogen and oxygen atoms in total. The van der Waals surface area contributed by atoms with Crippen molar-refractivity contribution in [1.82, 2.24) is 4.57 Å². The number of benzene rings is 1. The molecule has 3 aromatic rings. The molecule has 1 aliphatic rings. The van der Waals surface area contributed by atoms with Crippen molar-refractivity contribution >= 4 is 39.1 Å². The predicted molar refractivity (Wildman–Crippen MR) is 133 cm³/mol. The zero-order chi connectivity index (χ0) is 23.9. The summed E-state index contributed by atoms with van der Waals surface area (Å²) < 4.78 is 6.64. The van der Waals surface area contributed by atoms with Gasteiger partial charge in [-0.3, -0.25) is 14.2 Å². The molecule has 0 radical (unpaired) electrons. The fourth-order valence-electron chi connectivity index (χ4n) is 4.98. The van der Waals surface area contributed by atoms with Crippen molar-refractivity contribution < 1.29 is 14.3 Å². The van der Waals surface area contributed by atoms with E-state index < -0.39 is 12.0 Å². The van der Waals surface area contributed by atoms with Gasteiger partial charge in [-0.2, -0.15) is 0 Å². The average Bonchev–Trinajstić information content (AvgIpc) is 3.13. The lowest BCUT2D eigenvalue weighted by Crippen LogP contribution is -2.33. The van der Waals surface area contributed by atoms with E-state index in [1.54, 1.807) is 10.6 Å². The average molecular weight is 467 g/mol. The quantitative estimate of drug-likeness (QED) is 0.522. The van der Waals surface area contributed by atoms with Crippen LogP contribution in [0.25, 0.3) is 10.9 Å². The maximum atomic E-state index is 13.6. The molecule has 0 saturated heterocycles. The molecule has 174 valence electrons. The molecule has 0 fully saturated rings. The van der Waals surface area contributed by atoms with Crippen LogP contribution in [0.5, 0.6) is 0 Å². The van der Waals surface area contributed by atoms with E-state index in [-0.39, 0.29) is 11.5 Å². The van der Waals surface area contributed by atoms with E-state index in [1.807, 2.05) is 33.8 Å². The number of ether oxygens (including phenoxy) is 1. The molecule has 2 aromatic heterocycles. The Kier molecular flexibility index (Phi) is 6.43. The number of pyridine rings is 1.